The molecule has 2 bridgehead atoms. The summed E-state index contributed by atoms with van der Waals surface area (Å²) in [6.45, 7) is 6.13. The van der Waals surface area contributed by atoms with Crippen molar-refractivity contribution in [3.8, 4) is 0 Å². The van der Waals surface area contributed by atoms with Crippen LogP contribution in [0.15, 0.2) is 12.2 Å². The van der Waals surface area contributed by atoms with Gasteiger partial charge in [-0.15, -0.1) is 0 Å². The molecule has 0 radical (unpaired) electrons. The van der Waals surface area contributed by atoms with Crippen molar-refractivity contribution in [2.45, 2.75) is 58.4 Å². The normalized spacial score (nSPS) is 43.2. The van der Waals surface area contributed by atoms with E-state index < -0.39 is 0 Å². The van der Waals surface area contributed by atoms with E-state index in [1.807, 2.05) is 0 Å². The highest BCUT2D eigenvalue weighted by Gasteiger charge is 2.36. The Kier molecular flexibility index (Phi) is 3.06. The molecular weight excluding hydrogens is 206 g/mol. The number of rotatable bonds is 3. The summed E-state index contributed by atoms with van der Waals surface area (Å²) in [6.07, 6.45) is 13.4. The highest BCUT2D eigenvalue weighted by molar-refractivity contribution is 5.10. The molecule has 0 aromatic rings. The zero-order valence-corrected chi connectivity index (χ0v) is 11.4. The first-order chi connectivity index (χ1) is 8.12. The van der Waals surface area contributed by atoms with Gasteiger partial charge >= 0.3 is 0 Å². The van der Waals surface area contributed by atoms with E-state index in [-0.39, 0.29) is 0 Å². The van der Waals surface area contributed by atoms with E-state index in [1.165, 1.54) is 45.1 Å². The lowest BCUT2D eigenvalue weighted by atomic mass is 9.75. The van der Waals surface area contributed by atoms with Gasteiger partial charge in [-0.1, -0.05) is 32.4 Å². The van der Waals surface area contributed by atoms with Crippen molar-refractivity contribution < 1.29 is 0 Å². The molecule has 1 nitrogen and oxygen atoms in total. The maximum atomic E-state index is 3.87. The summed E-state index contributed by atoms with van der Waals surface area (Å²) >= 11 is 0. The maximum Gasteiger partial charge on any atom is 0.00722 e. The largest absolute Gasteiger partial charge is 0.314 e. The molecule has 4 unspecified atom stereocenters. The molecule has 0 aromatic carbocycles. The molecule has 17 heavy (non-hydrogen) atoms. The van der Waals surface area contributed by atoms with Crippen LogP contribution in [0.3, 0.4) is 0 Å². The Bertz CT molecular complexity index is 305. The lowest BCUT2D eigenvalue weighted by Crippen LogP contribution is -2.40. The highest BCUT2D eigenvalue weighted by Crippen LogP contribution is 2.43. The Morgan fingerprint density at radius 1 is 1.24 bits per heavy atom. The fourth-order valence-corrected chi connectivity index (χ4v) is 4.32. The molecule has 2 fully saturated rings. The summed E-state index contributed by atoms with van der Waals surface area (Å²) in [7, 11) is 0. The van der Waals surface area contributed by atoms with Gasteiger partial charge in [0.25, 0.3) is 0 Å². The molecule has 3 rings (SSSR count). The van der Waals surface area contributed by atoms with Gasteiger partial charge in [-0.05, 0) is 61.8 Å². The van der Waals surface area contributed by atoms with Gasteiger partial charge in [-0.25, -0.2) is 0 Å². The third-order valence-electron chi connectivity index (χ3n) is 5.29. The van der Waals surface area contributed by atoms with Crippen molar-refractivity contribution in [2.75, 3.05) is 6.54 Å². The smallest absolute Gasteiger partial charge is 0.00722 e. The second kappa shape index (κ2) is 4.42. The quantitative estimate of drug-likeness (QED) is 0.732. The molecule has 0 saturated heterocycles. The Hall–Kier alpha value is -0.300. The first-order valence-electron chi connectivity index (χ1n) is 7.54. The molecule has 0 amide bonds. The molecular formula is C16H27N. The van der Waals surface area contributed by atoms with Crippen LogP contribution in [0.5, 0.6) is 0 Å². The number of nitrogens with one attached hydrogen (secondary N) is 1. The molecule has 4 atom stereocenters. The number of hydrogen-bond acceptors (Lipinski definition) is 1. The predicted molar refractivity (Wildman–Crippen MR) is 72.9 cm³/mol. The van der Waals surface area contributed by atoms with Gasteiger partial charge in [-0.3, -0.25) is 0 Å². The molecule has 1 heteroatoms. The van der Waals surface area contributed by atoms with Crippen LogP contribution < -0.4 is 5.32 Å². The first-order valence-corrected chi connectivity index (χ1v) is 7.54. The van der Waals surface area contributed by atoms with Crippen LogP contribution >= 0.6 is 0 Å². The molecule has 0 heterocycles. The molecule has 0 spiro atoms. The Morgan fingerprint density at radius 2 is 2.12 bits per heavy atom. The zero-order chi connectivity index (χ0) is 11.9. The molecule has 0 aliphatic heterocycles. The van der Waals surface area contributed by atoms with Crippen LogP contribution in [0.4, 0.5) is 0 Å². The molecule has 96 valence electrons. The van der Waals surface area contributed by atoms with Crippen molar-refractivity contribution in [2.24, 2.45) is 23.2 Å². The van der Waals surface area contributed by atoms with Crippen molar-refractivity contribution in [1.82, 2.24) is 5.32 Å². The molecule has 2 saturated carbocycles. The number of fused-ring (bicyclic) bond motifs is 2. The summed E-state index contributed by atoms with van der Waals surface area (Å²) in [5, 5.41) is 3.87. The fourth-order valence-electron chi connectivity index (χ4n) is 4.32. The third-order valence-corrected chi connectivity index (χ3v) is 5.29. The predicted octanol–water partition coefficient (Wildman–Crippen LogP) is 3.76. The second-order valence-corrected chi connectivity index (χ2v) is 7.41. The lowest BCUT2D eigenvalue weighted by molar-refractivity contribution is 0.192. The zero-order valence-electron chi connectivity index (χ0n) is 11.4. The van der Waals surface area contributed by atoms with E-state index in [0.717, 1.165) is 23.8 Å². The first kappa shape index (κ1) is 11.8. The van der Waals surface area contributed by atoms with Gasteiger partial charge in [0.15, 0.2) is 0 Å². The minimum absolute atomic E-state index is 0.574. The van der Waals surface area contributed by atoms with E-state index in [4.69, 9.17) is 0 Å². The third kappa shape index (κ3) is 2.59. The van der Waals surface area contributed by atoms with E-state index in [1.54, 1.807) is 0 Å². The average molecular weight is 233 g/mol. The van der Waals surface area contributed by atoms with Gasteiger partial charge in [0.1, 0.15) is 0 Å². The Labute approximate surface area is 106 Å². The van der Waals surface area contributed by atoms with Gasteiger partial charge in [0.05, 0.1) is 0 Å². The molecule has 3 aliphatic carbocycles. The summed E-state index contributed by atoms with van der Waals surface area (Å²) in [6, 6.07) is 0.793. The minimum Gasteiger partial charge on any atom is -0.314 e. The van der Waals surface area contributed by atoms with Crippen LogP contribution in [0.1, 0.15) is 52.4 Å². The summed E-state index contributed by atoms with van der Waals surface area (Å²) in [5.41, 5.74) is 0.574. The van der Waals surface area contributed by atoms with E-state index >= 15 is 0 Å². The molecule has 3 aliphatic rings. The van der Waals surface area contributed by atoms with Crippen molar-refractivity contribution in [3.05, 3.63) is 12.2 Å². The number of allylic oxidation sites excluding steroid dienone is 2. The van der Waals surface area contributed by atoms with Crippen LogP contribution in [0.2, 0.25) is 0 Å². The standard InChI is InChI=1S/C16H27N/c1-16(2)7-3-4-15(10-16)17-11-14-9-12-5-6-13(14)8-12/h5-6,12-15,17H,3-4,7-11H2,1-2H3. The SMILES string of the molecule is CC1(C)CCCC(NCC2CC3C=CC2C3)C1. The Morgan fingerprint density at radius 3 is 2.76 bits per heavy atom. The molecule has 0 aromatic heterocycles. The van der Waals surface area contributed by atoms with Gasteiger partial charge < -0.3 is 5.32 Å². The van der Waals surface area contributed by atoms with Crippen molar-refractivity contribution >= 4 is 0 Å². The monoisotopic (exact) mass is 233 g/mol. The van der Waals surface area contributed by atoms with Gasteiger partial charge in [-0.2, -0.15) is 0 Å². The molecule has 1 N–H and O–H groups in total. The summed E-state index contributed by atoms with van der Waals surface area (Å²) in [5.74, 6) is 2.77. The van der Waals surface area contributed by atoms with E-state index in [2.05, 4.69) is 31.3 Å². The average Bonchev–Trinajstić information content (AvgIpc) is 2.86. The van der Waals surface area contributed by atoms with Gasteiger partial charge in [0.2, 0.25) is 0 Å². The van der Waals surface area contributed by atoms with Crippen LogP contribution in [0, 0.1) is 23.2 Å². The summed E-state index contributed by atoms with van der Waals surface area (Å²) in [4.78, 5) is 0. The lowest BCUT2D eigenvalue weighted by Gasteiger charge is -2.36. The van der Waals surface area contributed by atoms with Crippen molar-refractivity contribution in [1.29, 1.82) is 0 Å². The highest BCUT2D eigenvalue weighted by atomic mass is 14.9. The van der Waals surface area contributed by atoms with Crippen molar-refractivity contribution in [3.63, 3.8) is 0 Å². The second-order valence-electron chi connectivity index (χ2n) is 7.41. The maximum absolute atomic E-state index is 3.87. The van der Waals surface area contributed by atoms with Crippen LogP contribution in [0.25, 0.3) is 0 Å². The Balaban J connectivity index is 1.47. The minimum atomic E-state index is 0.574. The number of hydrogen-bond donors (Lipinski definition) is 1. The van der Waals surface area contributed by atoms with Crippen LogP contribution in [-0.2, 0) is 0 Å². The van der Waals surface area contributed by atoms with E-state index in [0.29, 0.717) is 5.41 Å². The topological polar surface area (TPSA) is 12.0 Å². The van der Waals surface area contributed by atoms with E-state index in [9.17, 15) is 0 Å². The van der Waals surface area contributed by atoms with Gasteiger partial charge in [0, 0.05) is 6.04 Å². The van der Waals surface area contributed by atoms with Crippen LogP contribution in [-0.4, -0.2) is 12.6 Å². The fraction of sp³-hybridized carbons (Fsp3) is 0.875. The summed E-state index contributed by atoms with van der Waals surface area (Å²) < 4.78 is 0.